The number of benzene rings is 2. The largest absolute Gasteiger partial charge is 0.457 e. The standard InChI is InChI=1S/C26H25ClF3N5O3/c1-16(31)4-2-3-12-33-24(36)23-15-20(11-13-32-23)38-19-8-5-17(6-9-19)34-25(37)35-18-7-10-22(27)21(14-18)26(28,29)30/h5-11,13-15,31H,2-4,12H2,1H3,(H,33,36)(H2,34,35,37). The molecule has 0 aliphatic heterocycles. The highest BCUT2D eigenvalue weighted by Crippen LogP contribution is 2.36. The second kappa shape index (κ2) is 12.9. The number of unbranched alkanes of at least 4 members (excludes halogenated alkanes) is 1. The Balaban J connectivity index is 1.53. The first-order chi connectivity index (χ1) is 18.0. The summed E-state index contributed by atoms with van der Waals surface area (Å²) in [5, 5.41) is 14.6. The lowest BCUT2D eigenvalue weighted by molar-refractivity contribution is -0.137. The molecule has 4 N–H and O–H groups in total. The SMILES string of the molecule is CC(=N)CCCCNC(=O)c1cc(Oc2ccc(NC(=O)Nc3ccc(Cl)c(C(F)(F)F)c3)cc2)ccn1. The minimum atomic E-state index is -4.65. The fraction of sp³-hybridized carbons (Fsp3) is 0.231. The second-order valence-corrected chi connectivity index (χ2v) is 8.68. The van der Waals surface area contributed by atoms with Gasteiger partial charge in [-0.25, -0.2) is 4.79 Å². The van der Waals surface area contributed by atoms with Crippen LogP contribution in [-0.2, 0) is 6.18 Å². The van der Waals surface area contributed by atoms with Crippen LogP contribution in [0.15, 0.2) is 60.8 Å². The molecule has 38 heavy (non-hydrogen) atoms. The average Bonchev–Trinajstić information content (AvgIpc) is 2.85. The van der Waals surface area contributed by atoms with Gasteiger partial charge in [0.05, 0.1) is 10.6 Å². The molecule has 1 aromatic heterocycles. The van der Waals surface area contributed by atoms with Crippen molar-refractivity contribution in [3.63, 3.8) is 0 Å². The number of urea groups is 1. The number of amides is 3. The first-order valence-corrected chi connectivity index (χ1v) is 11.9. The van der Waals surface area contributed by atoms with Gasteiger partial charge in [-0.15, -0.1) is 0 Å². The zero-order valence-corrected chi connectivity index (χ0v) is 21.0. The van der Waals surface area contributed by atoms with E-state index in [0.29, 0.717) is 35.9 Å². The van der Waals surface area contributed by atoms with E-state index in [4.69, 9.17) is 21.7 Å². The zero-order valence-electron chi connectivity index (χ0n) is 20.3. The smallest absolute Gasteiger partial charge is 0.417 e. The summed E-state index contributed by atoms with van der Waals surface area (Å²) in [6, 6.07) is 11.6. The van der Waals surface area contributed by atoms with E-state index in [0.717, 1.165) is 25.0 Å². The Morgan fingerprint density at radius 1 is 0.974 bits per heavy atom. The monoisotopic (exact) mass is 547 g/mol. The van der Waals surface area contributed by atoms with E-state index >= 15 is 0 Å². The number of aromatic nitrogens is 1. The zero-order chi connectivity index (χ0) is 27.7. The number of rotatable bonds is 10. The molecule has 0 saturated carbocycles. The number of nitrogens with one attached hydrogen (secondary N) is 4. The maximum absolute atomic E-state index is 13.0. The van der Waals surface area contributed by atoms with Crippen molar-refractivity contribution in [2.75, 3.05) is 17.2 Å². The van der Waals surface area contributed by atoms with Gasteiger partial charge in [0, 0.05) is 35.9 Å². The number of carbonyl (C=O) groups is 2. The number of carbonyl (C=O) groups excluding carboxylic acids is 2. The number of ether oxygens (including phenoxy) is 1. The molecule has 0 saturated heterocycles. The average molecular weight is 548 g/mol. The van der Waals surface area contributed by atoms with E-state index in [1.165, 1.54) is 18.3 Å². The predicted molar refractivity (Wildman–Crippen MR) is 139 cm³/mol. The van der Waals surface area contributed by atoms with Gasteiger partial charge in [0.1, 0.15) is 17.2 Å². The first-order valence-electron chi connectivity index (χ1n) is 11.5. The number of alkyl halides is 3. The highest BCUT2D eigenvalue weighted by atomic mass is 35.5. The third-order valence-corrected chi connectivity index (χ3v) is 5.44. The molecule has 0 aliphatic rings. The van der Waals surface area contributed by atoms with Crippen LogP contribution in [0.4, 0.5) is 29.3 Å². The maximum Gasteiger partial charge on any atom is 0.417 e. The summed E-state index contributed by atoms with van der Waals surface area (Å²) in [6.45, 7) is 2.22. The molecule has 0 spiro atoms. The van der Waals surface area contributed by atoms with Crippen molar-refractivity contribution < 1.29 is 27.5 Å². The molecule has 3 amide bonds. The lowest BCUT2D eigenvalue weighted by Crippen LogP contribution is -2.25. The molecule has 0 atom stereocenters. The highest BCUT2D eigenvalue weighted by Gasteiger charge is 2.33. The molecule has 0 fully saturated rings. The molecule has 200 valence electrons. The topological polar surface area (TPSA) is 116 Å². The number of pyridine rings is 1. The van der Waals surface area contributed by atoms with Gasteiger partial charge in [0.2, 0.25) is 0 Å². The van der Waals surface area contributed by atoms with Crippen LogP contribution in [0, 0.1) is 5.41 Å². The van der Waals surface area contributed by atoms with E-state index in [-0.39, 0.29) is 17.3 Å². The molecular formula is C26H25ClF3N5O3. The number of anilines is 2. The van der Waals surface area contributed by atoms with Gasteiger partial charge in [0.25, 0.3) is 5.91 Å². The van der Waals surface area contributed by atoms with E-state index < -0.39 is 22.8 Å². The van der Waals surface area contributed by atoms with Gasteiger partial charge in [-0.1, -0.05) is 11.6 Å². The lowest BCUT2D eigenvalue weighted by Gasteiger charge is -2.12. The summed E-state index contributed by atoms with van der Waals surface area (Å²) < 4.78 is 44.8. The van der Waals surface area contributed by atoms with Crippen LogP contribution in [0.5, 0.6) is 11.5 Å². The van der Waals surface area contributed by atoms with Crippen molar-refractivity contribution >= 4 is 40.6 Å². The molecule has 0 unspecified atom stereocenters. The van der Waals surface area contributed by atoms with Crippen LogP contribution in [0.1, 0.15) is 42.2 Å². The number of hydrogen-bond acceptors (Lipinski definition) is 5. The second-order valence-electron chi connectivity index (χ2n) is 8.27. The summed E-state index contributed by atoms with van der Waals surface area (Å²) in [4.78, 5) is 28.6. The summed E-state index contributed by atoms with van der Waals surface area (Å²) >= 11 is 5.59. The minimum Gasteiger partial charge on any atom is -0.457 e. The molecule has 2 aromatic carbocycles. The number of halogens is 4. The maximum atomic E-state index is 13.0. The van der Waals surface area contributed by atoms with Crippen molar-refractivity contribution in [3.05, 3.63) is 77.1 Å². The fourth-order valence-electron chi connectivity index (χ4n) is 3.26. The molecule has 0 radical (unpaired) electrons. The number of hydrogen-bond donors (Lipinski definition) is 4. The Morgan fingerprint density at radius 2 is 1.66 bits per heavy atom. The molecule has 0 aliphatic carbocycles. The molecule has 0 bridgehead atoms. The van der Waals surface area contributed by atoms with Crippen LogP contribution in [-0.4, -0.2) is 29.2 Å². The summed E-state index contributed by atoms with van der Waals surface area (Å²) in [5.74, 6) is 0.463. The van der Waals surface area contributed by atoms with Crippen molar-refractivity contribution in [3.8, 4) is 11.5 Å². The molecular weight excluding hydrogens is 523 g/mol. The lowest BCUT2D eigenvalue weighted by atomic mass is 10.2. The normalized spacial score (nSPS) is 11.0. The molecule has 3 rings (SSSR count). The Bertz CT molecular complexity index is 1300. The van der Waals surface area contributed by atoms with E-state index in [1.807, 2.05) is 0 Å². The quantitative estimate of drug-likeness (QED) is 0.159. The Hall–Kier alpha value is -4.12. The van der Waals surface area contributed by atoms with Gasteiger partial charge in [-0.2, -0.15) is 13.2 Å². The molecule has 3 aromatic rings. The molecule has 1 heterocycles. The van der Waals surface area contributed by atoms with Crippen molar-refractivity contribution in [2.24, 2.45) is 0 Å². The fourth-order valence-corrected chi connectivity index (χ4v) is 3.49. The predicted octanol–water partition coefficient (Wildman–Crippen LogP) is 7.13. The van der Waals surface area contributed by atoms with Crippen LogP contribution in [0.2, 0.25) is 5.02 Å². The van der Waals surface area contributed by atoms with Gasteiger partial charge in [-0.05, 0) is 74.7 Å². The van der Waals surface area contributed by atoms with E-state index in [2.05, 4.69) is 20.9 Å². The Morgan fingerprint density at radius 3 is 2.34 bits per heavy atom. The summed E-state index contributed by atoms with van der Waals surface area (Å²) in [6.07, 6.45) is -0.934. The van der Waals surface area contributed by atoms with E-state index in [9.17, 15) is 22.8 Å². The van der Waals surface area contributed by atoms with Gasteiger partial charge >= 0.3 is 12.2 Å². The Labute approximate surface area is 222 Å². The van der Waals surface area contributed by atoms with E-state index in [1.54, 1.807) is 37.3 Å². The third kappa shape index (κ3) is 8.77. The minimum absolute atomic E-state index is 0.0711. The number of nitrogens with zero attached hydrogens (tertiary/aromatic N) is 1. The molecule has 8 nitrogen and oxygen atoms in total. The van der Waals surface area contributed by atoms with Gasteiger partial charge in [0.15, 0.2) is 0 Å². The van der Waals surface area contributed by atoms with Crippen LogP contribution in [0.3, 0.4) is 0 Å². The van der Waals surface area contributed by atoms with Crippen molar-refractivity contribution in [1.82, 2.24) is 10.3 Å². The third-order valence-electron chi connectivity index (χ3n) is 5.11. The summed E-state index contributed by atoms with van der Waals surface area (Å²) in [7, 11) is 0. The van der Waals surface area contributed by atoms with Crippen LogP contribution < -0.4 is 20.7 Å². The summed E-state index contributed by atoms with van der Waals surface area (Å²) in [5.41, 5.74) is 0.0442. The van der Waals surface area contributed by atoms with Crippen LogP contribution in [0.25, 0.3) is 0 Å². The van der Waals surface area contributed by atoms with Crippen LogP contribution >= 0.6 is 11.6 Å². The van der Waals surface area contributed by atoms with Crippen molar-refractivity contribution in [1.29, 1.82) is 5.41 Å². The molecule has 12 heteroatoms. The van der Waals surface area contributed by atoms with Gasteiger partial charge < -0.3 is 26.1 Å². The highest BCUT2D eigenvalue weighted by molar-refractivity contribution is 6.31. The van der Waals surface area contributed by atoms with Gasteiger partial charge in [-0.3, -0.25) is 9.78 Å². The first kappa shape index (κ1) is 28.5. The Kier molecular flexibility index (Phi) is 9.66. The van der Waals surface area contributed by atoms with Crippen molar-refractivity contribution in [2.45, 2.75) is 32.4 Å².